The highest BCUT2D eigenvalue weighted by atomic mass is 16.5. The van der Waals surface area contributed by atoms with Gasteiger partial charge in [-0.2, -0.15) is 0 Å². The van der Waals surface area contributed by atoms with Gasteiger partial charge in [0.05, 0.1) is 6.04 Å². The Morgan fingerprint density at radius 2 is 1.79 bits per heavy atom. The molecule has 0 aliphatic heterocycles. The van der Waals surface area contributed by atoms with Crippen LogP contribution in [-0.4, -0.2) is 12.5 Å². The predicted octanol–water partition coefficient (Wildman–Crippen LogP) is 4.25. The van der Waals surface area contributed by atoms with Crippen molar-refractivity contribution >= 4 is 16.9 Å². The van der Waals surface area contributed by atoms with Crippen molar-refractivity contribution in [3.05, 3.63) is 76.1 Å². The Hall–Kier alpha value is -3.08. The molecule has 0 saturated heterocycles. The standard InChI is InChI=1S/C23H25NO4/c1-4-16-5-7-18(8-6-16)23(15(2)3)24-21(25)14-27-19-11-9-17-10-12-22(26)28-20(17)13-19/h5-13,15,23H,4,14H2,1-3H3,(H,24,25). The molecule has 0 aliphatic carbocycles. The second kappa shape index (κ2) is 8.74. The van der Waals surface area contributed by atoms with Gasteiger partial charge in [0.1, 0.15) is 11.3 Å². The van der Waals surface area contributed by atoms with E-state index < -0.39 is 5.63 Å². The Morgan fingerprint density at radius 3 is 2.46 bits per heavy atom. The zero-order valence-electron chi connectivity index (χ0n) is 16.4. The Balaban J connectivity index is 1.65. The normalized spacial score (nSPS) is 12.1. The van der Waals surface area contributed by atoms with Crippen LogP contribution in [0.25, 0.3) is 11.0 Å². The Kier molecular flexibility index (Phi) is 6.14. The van der Waals surface area contributed by atoms with Gasteiger partial charge in [-0.25, -0.2) is 4.79 Å². The minimum absolute atomic E-state index is 0.0865. The number of carbonyl (C=O) groups excluding carboxylic acids is 1. The van der Waals surface area contributed by atoms with E-state index in [0.717, 1.165) is 17.4 Å². The molecule has 1 unspecified atom stereocenters. The molecule has 0 radical (unpaired) electrons. The van der Waals surface area contributed by atoms with Gasteiger partial charge in [-0.05, 0) is 41.7 Å². The van der Waals surface area contributed by atoms with Crippen LogP contribution in [0.2, 0.25) is 0 Å². The summed E-state index contributed by atoms with van der Waals surface area (Å²) in [6.07, 6.45) is 0.985. The number of rotatable bonds is 7. The SMILES string of the molecule is CCc1ccc(C(NC(=O)COc2ccc3ccc(=O)oc3c2)C(C)C)cc1. The summed E-state index contributed by atoms with van der Waals surface area (Å²) in [5, 5.41) is 3.85. The zero-order chi connectivity index (χ0) is 20.1. The monoisotopic (exact) mass is 379 g/mol. The van der Waals surface area contributed by atoms with E-state index in [9.17, 15) is 9.59 Å². The summed E-state index contributed by atoms with van der Waals surface area (Å²) in [6.45, 7) is 6.15. The van der Waals surface area contributed by atoms with Gasteiger partial charge in [-0.15, -0.1) is 0 Å². The first-order chi connectivity index (χ1) is 13.5. The first kappa shape index (κ1) is 19.7. The number of benzene rings is 2. The molecule has 1 heterocycles. The molecule has 5 nitrogen and oxygen atoms in total. The average molecular weight is 379 g/mol. The summed E-state index contributed by atoms with van der Waals surface area (Å²) < 4.78 is 10.7. The van der Waals surface area contributed by atoms with E-state index in [-0.39, 0.29) is 24.5 Å². The molecule has 0 saturated carbocycles. The Morgan fingerprint density at radius 1 is 1.07 bits per heavy atom. The van der Waals surface area contributed by atoms with Crippen molar-refractivity contribution in [2.24, 2.45) is 5.92 Å². The lowest BCUT2D eigenvalue weighted by Crippen LogP contribution is -2.35. The van der Waals surface area contributed by atoms with Crippen LogP contribution in [0.1, 0.15) is 37.9 Å². The molecule has 0 spiro atoms. The molecule has 1 N–H and O–H groups in total. The fraction of sp³-hybridized carbons (Fsp3) is 0.304. The quantitative estimate of drug-likeness (QED) is 0.623. The third-order valence-corrected chi connectivity index (χ3v) is 4.69. The molecule has 3 rings (SSSR count). The molecule has 0 fully saturated rings. The summed E-state index contributed by atoms with van der Waals surface area (Å²) in [6, 6.07) is 16.4. The van der Waals surface area contributed by atoms with E-state index in [1.54, 1.807) is 24.3 Å². The van der Waals surface area contributed by atoms with Crippen LogP contribution in [-0.2, 0) is 11.2 Å². The number of aryl methyl sites for hydroxylation is 1. The largest absolute Gasteiger partial charge is 0.484 e. The smallest absolute Gasteiger partial charge is 0.336 e. The molecule has 1 aromatic heterocycles. The third-order valence-electron chi connectivity index (χ3n) is 4.69. The predicted molar refractivity (Wildman–Crippen MR) is 110 cm³/mol. The number of hydrogen-bond acceptors (Lipinski definition) is 4. The van der Waals surface area contributed by atoms with Crippen molar-refractivity contribution in [3.8, 4) is 5.75 Å². The van der Waals surface area contributed by atoms with Gasteiger partial charge in [0.2, 0.25) is 0 Å². The van der Waals surface area contributed by atoms with E-state index in [2.05, 4.69) is 50.4 Å². The molecule has 28 heavy (non-hydrogen) atoms. The van der Waals surface area contributed by atoms with Crippen molar-refractivity contribution < 1.29 is 13.9 Å². The van der Waals surface area contributed by atoms with Crippen LogP contribution in [0, 0.1) is 5.92 Å². The number of hydrogen-bond donors (Lipinski definition) is 1. The Labute approximate surface area is 164 Å². The van der Waals surface area contributed by atoms with E-state index in [1.807, 2.05) is 0 Å². The topological polar surface area (TPSA) is 68.5 Å². The lowest BCUT2D eigenvalue weighted by molar-refractivity contribution is -0.124. The molecular weight excluding hydrogens is 354 g/mol. The van der Waals surface area contributed by atoms with Gasteiger partial charge in [-0.1, -0.05) is 45.0 Å². The maximum Gasteiger partial charge on any atom is 0.336 e. The summed E-state index contributed by atoms with van der Waals surface area (Å²) in [4.78, 5) is 23.8. The molecular formula is C23H25NO4. The Bertz CT molecular complexity index is 1010. The van der Waals surface area contributed by atoms with Crippen LogP contribution >= 0.6 is 0 Å². The first-order valence-corrected chi connectivity index (χ1v) is 9.51. The van der Waals surface area contributed by atoms with Crippen LogP contribution < -0.4 is 15.7 Å². The number of carbonyl (C=O) groups is 1. The minimum atomic E-state index is -0.420. The fourth-order valence-corrected chi connectivity index (χ4v) is 3.09. The van der Waals surface area contributed by atoms with Crippen molar-refractivity contribution in [2.45, 2.75) is 33.2 Å². The zero-order valence-corrected chi connectivity index (χ0v) is 16.4. The third kappa shape index (κ3) is 4.80. The molecule has 0 bridgehead atoms. The second-order valence-electron chi connectivity index (χ2n) is 7.13. The molecule has 1 amide bonds. The van der Waals surface area contributed by atoms with Crippen molar-refractivity contribution in [1.29, 1.82) is 0 Å². The number of amides is 1. The average Bonchev–Trinajstić information content (AvgIpc) is 2.70. The van der Waals surface area contributed by atoms with Crippen LogP contribution in [0.15, 0.2) is 63.8 Å². The van der Waals surface area contributed by atoms with Crippen LogP contribution in [0.3, 0.4) is 0 Å². The maximum atomic E-state index is 12.4. The summed E-state index contributed by atoms with van der Waals surface area (Å²) in [5.74, 6) is 0.518. The highest BCUT2D eigenvalue weighted by molar-refractivity contribution is 5.79. The lowest BCUT2D eigenvalue weighted by Gasteiger charge is -2.23. The number of fused-ring (bicyclic) bond motifs is 1. The lowest BCUT2D eigenvalue weighted by atomic mass is 9.95. The summed E-state index contributed by atoms with van der Waals surface area (Å²) in [5.41, 5.74) is 2.36. The van der Waals surface area contributed by atoms with E-state index in [1.165, 1.54) is 11.6 Å². The summed E-state index contributed by atoms with van der Waals surface area (Å²) >= 11 is 0. The molecule has 3 aromatic rings. The van der Waals surface area contributed by atoms with Gasteiger partial charge in [-0.3, -0.25) is 4.79 Å². The second-order valence-corrected chi connectivity index (χ2v) is 7.13. The van der Waals surface area contributed by atoms with Gasteiger partial charge in [0.15, 0.2) is 6.61 Å². The van der Waals surface area contributed by atoms with Gasteiger partial charge in [0.25, 0.3) is 5.91 Å². The minimum Gasteiger partial charge on any atom is -0.484 e. The fourth-order valence-electron chi connectivity index (χ4n) is 3.09. The molecule has 5 heteroatoms. The van der Waals surface area contributed by atoms with Gasteiger partial charge >= 0.3 is 5.63 Å². The molecule has 146 valence electrons. The van der Waals surface area contributed by atoms with E-state index >= 15 is 0 Å². The maximum absolute atomic E-state index is 12.4. The van der Waals surface area contributed by atoms with Gasteiger partial charge < -0.3 is 14.5 Å². The van der Waals surface area contributed by atoms with E-state index in [4.69, 9.17) is 9.15 Å². The van der Waals surface area contributed by atoms with E-state index in [0.29, 0.717) is 11.3 Å². The van der Waals surface area contributed by atoms with Crippen LogP contribution in [0.4, 0.5) is 0 Å². The number of nitrogens with one attached hydrogen (secondary N) is 1. The number of ether oxygens (including phenoxy) is 1. The van der Waals surface area contributed by atoms with Crippen molar-refractivity contribution in [2.75, 3.05) is 6.61 Å². The highest BCUT2D eigenvalue weighted by Crippen LogP contribution is 2.23. The summed E-state index contributed by atoms with van der Waals surface area (Å²) in [7, 11) is 0. The first-order valence-electron chi connectivity index (χ1n) is 9.51. The molecule has 0 aliphatic rings. The van der Waals surface area contributed by atoms with Crippen LogP contribution in [0.5, 0.6) is 5.75 Å². The van der Waals surface area contributed by atoms with Crippen molar-refractivity contribution in [3.63, 3.8) is 0 Å². The van der Waals surface area contributed by atoms with Crippen molar-refractivity contribution in [1.82, 2.24) is 5.32 Å². The highest BCUT2D eigenvalue weighted by Gasteiger charge is 2.18. The van der Waals surface area contributed by atoms with Gasteiger partial charge in [0, 0.05) is 17.5 Å². The molecule has 2 aromatic carbocycles. The molecule has 1 atom stereocenters.